The van der Waals surface area contributed by atoms with Crippen molar-refractivity contribution in [2.24, 2.45) is 0 Å². The second kappa shape index (κ2) is 8.47. The maximum Gasteiger partial charge on any atom is 1.00 e. The number of fused-ring (bicyclic) bond motifs is 2. The van der Waals surface area contributed by atoms with Gasteiger partial charge in [0.05, 0.1) is 16.3 Å². The summed E-state index contributed by atoms with van der Waals surface area (Å²) in [7, 11) is -10.1. The zero-order chi connectivity index (χ0) is 20.4. The SMILES string of the molecule is O=C1C(=C2C(=O)c3ccccc3N2S(=O)(=O)[O-])Nc2ccc(S(=O)(=O)[O-])cc21.[Na+].[Na+]. The van der Waals surface area contributed by atoms with Crippen molar-refractivity contribution in [1.29, 1.82) is 0 Å². The van der Waals surface area contributed by atoms with Crippen LogP contribution in [0.25, 0.3) is 0 Å². The fourth-order valence-electron chi connectivity index (χ4n) is 3.10. The van der Waals surface area contributed by atoms with Gasteiger partial charge in [-0.05, 0) is 30.3 Å². The maximum absolute atomic E-state index is 12.7. The van der Waals surface area contributed by atoms with Crippen LogP contribution in [-0.2, 0) is 20.4 Å². The van der Waals surface area contributed by atoms with Gasteiger partial charge in [-0.3, -0.25) is 9.59 Å². The number of para-hydroxylation sites is 1. The van der Waals surface area contributed by atoms with Crippen LogP contribution in [0, 0.1) is 0 Å². The molecule has 0 fully saturated rings. The number of nitrogens with one attached hydrogen (secondary N) is 1. The van der Waals surface area contributed by atoms with Crippen molar-refractivity contribution in [2.75, 3.05) is 9.62 Å². The van der Waals surface area contributed by atoms with Gasteiger partial charge in [0.15, 0.2) is 10.3 Å². The Morgan fingerprint density at radius 1 is 0.833 bits per heavy atom. The van der Waals surface area contributed by atoms with Gasteiger partial charge in [-0.2, -0.15) is 0 Å². The predicted molar refractivity (Wildman–Crippen MR) is 92.3 cm³/mol. The summed E-state index contributed by atoms with van der Waals surface area (Å²) >= 11 is 0. The van der Waals surface area contributed by atoms with Gasteiger partial charge >= 0.3 is 59.1 Å². The molecule has 14 heteroatoms. The third kappa shape index (κ3) is 4.05. The second-order valence-corrected chi connectivity index (χ2v) is 8.51. The van der Waals surface area contributed by atoms with Crippen LogP contribution < -0.4 is 68.7 Å². The molecule has 2 aromatic rings. The predicted octanol–water partition coefficient (Wildman–Crippen LogP) is -5.42. The van der Waals surface area contributed by atoms with E-state index in [1.54, 1.807) is 0 Å². The molecule has 0 saturated carbocycles. The number of allylic oxidation sites excluding steroid dienone is 2. The topological polar surface area (TPSA) is 164 Å². The average Bonchev–Trinajstić information content (AvgIpc) is 3.09. The molecule has 2 aromatic carbocycles. The van der Waals surface area contributed by atoms with E-state index in [1.807, 2.05) is 0 Å². The molecule has 10 nitrogen and oxygen atoms in total. The molecule has 2 heterocycles. The molecule has 144 valence electrons. The van der Waals surface area contributed by atoms with Crippen LogP contribution in [0.1, 0.15) is 20.7 Å². The molecule has 0 spiro atoms. The first kappa shape index (κ1) is 25.2. The van der Waals surface area contributed by atoms with Gasteiger partial charge in [-0.1, -0.05) is 12.1 Å². The fourth-order valence-corrected chi connectivity index (χ4v) is 4.39. The van der Waals surface area contributed by atoms with E-state index >= 15 is 0 Å². The number of hydrogen-bond acceptors (Lipinski definition) is 9. The Balaban J connectivity index is 0.00000160. The van der Waals surface area contributed by atoms with E-state index in [4.69, 9.17) is 0 Å². The minimum Gasteiger partial charge on any atom is -0.744 e. The average molecular weight is 466 g/mol. The number of benzene rings is 2. The van der Waals surface area contributed by atoms with Crippen LogP contribution in [0.15, 0.2) is 58.8 Å². The smallest absolute Gasteiger partial charge is 0.744 e. The quantitative estimate of drug-likeness (QED) is 0.258. The number of hydrogen-bond donors (Lipinski definition) is 1. The Kier molecular flexibility index (Phi) is 7.11. The van der Waals surface area contributed by atoms with E-state index in [0.29, 0.717) is 0 Å². The molecular weight excluding hydrogens is 458 g/mol. The van der Waals surface area contributed by atoms with Crippen molar-refractivity contribution >= 4 is 43.4 Å². The molecule has 0 aliphatic carbocycles. The van der Waals surface area contributed by atoms with Crippen molar-refractivity contribution in [3.63, 3.8) is 0 Å². The van der Waals surface area contributed by atoms with Crippen LogP contribution >= 0.6 is 0 Å². The molecule has 4 rings (SSSR count). The Morgan fingerprint density at radius 3 is 2.07 bits per heavy atom. The molecule has 0 atom stereocenters. The van der Waals surface area contributed by atoms with Crippen LogP contribution in [0.2, 0.25) is 0 Å². The molecule has 2 aliphatic rings. The van der Waals surface area contributed by atoms with E-state index in [1.165, 1.54) is 24.3 Å². The normalized spacial score (nSPS) is 17.6. The first-order valence-corrected chi connectivity index (χ1v) is 10.3. The summed E-state index contributed by atoms with van der Waals surface area (Å²) < 4.78 is 69.2. The summed E-state index contributed by atoms with van der Waals surface area (Å²) in [6, 6.07) is 8.34. The Hall–Kier alpha value is -1.06. The number of nitrogens with zero attached hydrogens (tertiary/aromatic N) is 1. The van der Waals surface area contributed by atoms with Gasteiger partial charge in [0.2, 0.25) is 11.6 Å². The first-order valence-electron chi connectivity index (χ1n) is 7.56. The fraction of sp³-hybridized carbons (Fsp3) is 0. The van der Waals surface area contributed by atoms with E-state index in [9.17, 15) is 35.5 Å². The van der Waals surface area contributed by atoms with Gasteiger partial charge < -0.3 is 14.4 Å². The molecule has 0 saturated heterocycles. The van der Waals surface area contributed by atoms with Crippen LogP contribution in [-0.4, -0.2) is 37.5 Å². The standard InChI is InChI=1S/C16H10N2O8S2.2Na/c19-15-10-7-8(27(21,22)23)5-6-11(10)17-13(15)14-16(20)9-3-1-2-4-12(9)18(14)28(24,25)26;;/h1-7,17H,(H,21,22,23)(H,24,25,26);;/q;2*+1/p-2. The number of rotatable bonds is 2. The molecule has 2 aliphatic heterocycles. The van der Waals surface area contributed by atoms with E-state index < -0.39 is 48.3 Å². The minimum atomic E-state index is -5.21. The van der Waals surface area contributed by atoms with Crippen LogP contribution in [0.4, 0.5) is 11.4 Å². The van der Waals surface area contributed by atoms with Crippen molar-refractivity contribution in [3.05, 3.63) is 65.0 Å². The third-order valence-corrected chi connectivity index (χ3v) is 5.91. The van der Waals surface area contributed by atoms with Crippen LogP contribution in [0.3, 0.4) is 0 Å². The molecule has 0 amide bonds. The zero-order valence-corrected chi connectivity index (χ0v) is 21.2. The van der Waals surface area contributed by atoms with Crippen molar-refractivity contribution in [3.8, 4) is 0 Å². The molecule has 0 bridgehead atoms. The summed E-state index contributed by atoms with van der Waals surface area (Å²) in [5.74, 6) is -1.79. The summed E-state index contributed by atoms with van der Waals surface area (Å²) in [6.45, 7) is 0. The van der Waals surface area contributed by atoms with Crippen molar-refractivity contribution in [2.45, 2.75) is 4.90 Å². The van der Waals surface area contributed by atoms with E-state index in [-0.39, 0.29) is 85.9 Å². The summed E-state index contributed by atoms with van der Waals surface area (Å²) in [4.78, 5) is 24.8. The number of ketones is 2. The summed E-state index contributed by atoms with van der Waals surface area (Å²) in [6.07, 6.45) is 0. The molecule has 0 unspecified atom stereocenters. The van der Waals surface area contributed by atoms with Crippen molar-refractivity contribution < 1.29 is 94.6 Å². The number of Topliss-reactive ketones (excluding diaryl/α,β-unsaturated/α-hetero) is 2. The third-order valence-electron chi connectivity index (χ3n) is 4.26. The Morgan fingerprint density at radius 2 is 1.47 bits per heavy atom. The van der Waals surface area contributed by atoms with Gasteiger partial charge in [0.1, 0.15) is 21.5 Å². The summed E-state index contributed by atoms with van der Waals surface area (Å²) in [5, 5.41) is 2.54. The molecule has 0 radical (unpaired) electrons. The Labute approximate surface area is 215 Å². The van der Waals surface area contributed by atoms with Gasteiger partial charge in [-0.15, -0.1) is 0 Å². The van der Waals surface area contributed by atoms with Gasteiger partial charge in [0, 0.05) is 11.1 Å². The minimum absolute atomic E-state index is 0. The number of carbonyl (C=O) groups excluding carboxylic acids is 2. The zero-order valence-electron chi connectivity index (χ0n) is 15.6. The Bertz CT molecular complexity index is 1340. The molecule has 0 aromatic heterocycles. The molecule has 30 heavy (non-hydrogen) atoms. The first-order chi connectivity index (χ1) is 13.0. The monoisotopic (exact) mass is 466 g/mol. The number of carbonyl (C=O) groups is 2. The van der Waals surface area contributed by atoms with E-state index in [2.05, 4.69) is 5.32 Å². The molecular formula is C16H8N2Na2O8S2. The second-order valence-electron chi connectivity index (χ2n) is 5.91. The van der Waals surface area contributed by atoms with Gasteiger partial charge in [-0.25, -0.2) is 21.1 Å². The maximum atomic E-state index is 12.7. The van der Waals surface area contributed by atoms with Gasteiger partial charge in [0.25, 0.3) is 0 Å². The van der Waals surface area contributed by atoms with E-state index in [0.717, 1.165) is 18.2 Å². The summed E-state index contributed by atoms with van der Waals surface area (Å²) in [5.41, 5.74) is -1.66. The number of anilines is 2. The molecule has 1 N–H and O–H groups in total. The largest absolute Gasteiger partial charge is 1.00 e. The van der Waals surface area contributed by atoms with Crippen LogP contribution in [0.5, 0.6) is 0 Å². The van der Waals surface area contributed by atoms with Crippen molar-refractivity contribution in [1.82, 2.24) is 0 Å².